The smallest absolute Gasteiger partial charge is 0.220 e. The molecular formula is C9H14N4OS. The summed E-state index contributed by atoms with van der Waals surface area (Å²) in [4.78, 5) is 19.2. The Morgan fingerprint density at radius 3 is 2.93 bits per heavy atom. The monoisotopic (exact) mass is 226 g/mol. The van der Waals surface area contributed by atoms with Gasteiger partial charge in [-0.05, 0) is 6.92 Å². The number of nitrogens with one attached hydrogen (secondary N) is 1. The highest BCUT2D eigenvalue weighted by molar-refractivity contribution is 7.99. The Labute approximate surface area is 92.9 Å². The van der Waals surface area contributed by atoms with E-state index in [0.717, 1.165) is 5.69 Å². The summed E-state index contributed by atoms with van der Waals surface area (Å²) in [5.41, 5.74) is 6.41. The summed E-state index contributed by atoms with van der Waals surface area (Å²) in [5, 5.41) is 3.18. The van der Waals surface area contributed by atoms with Crippen LogP contribution in [0.4, 0.5) is 5.82 Å². The van der Waals surface area contributed by atoms with Crippen molar-refractivity contribution in [1.82, 2.24) is 15.3 Å². The van der Waals surface area contributed by atoms with E-state index in [4.69, 9.17) is 5.73 Å². The maximum Gasteiger partial charge on any atom is 0.220 e. The molecule has 1 amide bonds. The van der Waals surface area contributed by atoms with E-state index in [2.05, 4.69) is 15.3 Å². The van der Waals surface area contributed by atoms with Crippen LogP contribution in [0.3, 0.4) is 0 Å². The molecule has 0 aliphatic carbocycles. The zero-order valence-electron chi connectivity index (χ0n) is 8.78. The molecule has 0 atom stereocenters. The van der Waals surface area contributed by atoms with Gasteiger partial charge < -0.3 is 11.1 Å². The van der Waals surface area contributed by atoms with Gasteiger partial charge in [0.1, 0.15) is 5.82 Å². The first-order chi connectivity index (χ1) is 7.11. The minimum atomic E-state index is 0.0168. The number of aryl methyl sites for hydroxylation is 1. The van der Waals surface area contributed by atoms with Crippen molar-refractivity contribution in [2.45, 2.75) is 18.5 Å². The van der Waals surface area contributed by atoms with Gasteiger partial charge in [-0.25, -0.2) is 9.97 Å². The van der Waals surface area contributed by atoms with E-state index < -0.39 is 0 Å². The van der Waals surface area contributed by atoms with Gasteiger partial charge in [0.15, 0.2) is 5.16 Å². The molecule has 0 fully saturated rings. The van der Waals surface area contributed by atoms with Crippen LogP contribution in [0.2, 0.25) is 0 Å². The first-order valence-corrected chi connectivity index (χ1v) is 5.55. The number of rotatable bonds is 4. The molecule has 1 heterocycles. The maximum absolute atomic E-state index is 10.9. The maximum atomic E-state index is 10.9. The van der Waals surface area contributed by atoms with Crippen molar-refractivity contribution >= 4 is 23.5 Å². The number of aromatic nitrogens is 2. The highest BCUT2D eigenvalue weighted by Gasteiger charge is 2.03. The largest absolute Gasteiger partial charge is 0.384 e. The molecule has 0 bridgehead atoms. The Hall–Kier alpha value is -1.30. The van der Waals surface area contributed by atoms with Crippen molar-refractivity contribution in [3.8, 4) is 0 Å². The van der Waals surface area contributed by atoms with Crippen LogP contribution < -0.4 is 11.1 Å². The lowest BCUT2D eigenvalue weighted by Gasteiger charge is -2.02. The van der Waals surface area contributed by atoms with Gasteiger partial charge in [-0.15, -0.1) is 0 Å². The highest BCUT2D eigenvalue weighted by atomic mass is 32.2. The fourth-order valence-corrected chi connectivity index (χ4v) is 1.84. The van der Waals surface area contributed by atoms with Gasteiger partial charge in [-0.2, -0.15) is 0 Å². The summed E-state index contributed by atoms with van der Waals surface area (Å²) >= 11 is 1.43. The summed E-state index contributed by atoms with van der Waals surface area (Å²) in [6, 6.07) is 1.71. The van der Waals surface area contributed by atoms with Crippen LogP contribution in [0.5, 0.6) is 0 Å². The lowest BCUT2D eigenvalue weighted by atomic mass is 10.4. The number of carbonyl (C=O) groups excluding carboxylic acids is 1. The van der Waals surface area contributed by atoms with E-state index in [1.165, 1.54) is 11.8 Å². The summed E-state index contributed by atoms with van der Waals surface area (Å²) in [6.45, 7) is 1.86. The second kappa shape index (κ2) is 5.55. The second-order valence-electron chi connectivity index (χ2n) is 2.99. The van der Waals surface area contributed by atoms with E-state index >= 15 is 0 Å². The molecule has 0 aliphatic heterocycles. The van der Waals surface area contributed by atoms with E-state index in [0.29, 0.717) is 23.1 Å². The van der Waals surface area contributed by atoms with E-state index in [9.17, 15) is 4.79 Å². The van der Waals surface area contributed by atoms with Crippen molar-refractivity contribution < 1.29 is 4.79 Å². The van der Waals surface area contributed by atoms with Crippen molar-refractivity contribution in [2.24, 2.45) is 0 Å². The summed E-state index contributed by atoms with van der Waals surface area (Å²) < 4.78 is 0. The van der Waals surface area contributed by atoms with Gasteiger partial charge in [-0.3, -0.25) is 4.79 Å². The third-order valence-corrected chi connectivity index (χ3v) is 2.54. The first kappa shape index (κ1) is 11.8. The average Bonchev–Trinajstić information content (AvgIpc) is 2.16. The van der Waals surface area contributed by atoms with Gasteiger partial charge in [0, 0.05) is 31.0 Å². The number of thioether (sulfide) groups is 1. The van der Waals surface area contributed by atoms with E-state index in [-0.39, 0.29) is 5.91 Å². The van der Waals surface area contributed by atoms with Crippen LogP contribution in [0.1, 0.15) is 12.1 Å². The van der Waals surface area contributed by atoms with Crippen LogP contribution in [-0.2, 0) is 4.79 Å². The highest BCUT2D eigenvalue weighted by Crippen LogP contribution is 2.15. The van der Waals surface area contributed by atoms with Gasteiger partial charge in [0.2, 0.25) is 5.91 Å². The Kier molecular flexibility index (Phi) is 4.36. The molecule has 5 nitrogen and oxygen atoms in total. The third kappa shape index (κ3) is 4.16. The van der Waals surface area contributed by atoms with Gasteiger partial charge in [0.05, 0.1) is 0 Å². The number of hydrogen-bond donors (Lipinski definition) is 2. The SMILES string of the molecule is CNC(=O)CCSc1nc(C)cc(N)n1. The zero-order valence-corrected chi connectivity index (χ0v) is 9.60. The van der Waals surface area contributed by atoms with Crippen molar-refractivity contribution in [1.29, 1.82) is 0 Å². The number of anilines is 1. The number of nitrogen functional groups attached to an aromatic ring is 1. The lowest BCUT2D eigenvalue weighted by molar-refractivity contribution is -0.120. The quantitative estimate of drug-likeness (QED) is 0.580. The van der Waals surface area contributed by atoms with E-state index in [1.807, 2.05) is 6.92 Å². The van der Waals surface area contributed by atoms with Crippen molar-refractivity contribution in [3.63, 3.8) is 0 Å². The molecule has 15 heavy (non-hydrogen) atoms. The number of nitrogens with zero attached hydrogens (tertiary/aromatic N) is 2. The fourth-order valence-electron chi connectivity index (χ4n) is 0.989. The number of nitrogens with two attached hydrogens (primary N) is 1. The third-order valence-electron chi connectivity index (χ3n) is 1.69. The number of amides is 1. The lowest BCUT2D eigenvalue weighted by Crippen LogP contribution is -2.17. The topological polar surface area (TPSA) is 80.9 Å². The molecule has 1 aromatic heterocycles. The molecule has 1 rings (SSSR count). The van der Waals surface area contributed by atoms with Gasteiger partial charge >= 0.3 is 0 Å². The van der Waals surface area contributed by atoms with Crippen LogP contribution in [-0.4, -0.2) is 28.7 Å². The Bertz CT molecular complexity index is 336. The van der Waals surface area contributed by atoms with Crippen LogP contribution >= 0.6 is 11.8 Å². The van der Waals surface area contributed by atoms with Crippen molar-refractivity contribution in [2.75, 3.05) is 18.5 Å². The second-order valence-corrected chi connectivity index (χ2v) is 4.05. The molecule has 0 unspecified atom stereocenters. The molecule has 0 aromatic carbocycles. The predicted molar refractivity (Wildman–Crippen MR) is 60.6 cm³/mol. The van der Waals surface area contributed by atoms with Gasteiger partial charge in [-0.1, -0.05) is 11.8 Å². The Morgan fingerprint density at radius 1 is 1.60 bits per heavy atom. The van der Waals surface area contributed by atoms with Crippen LogP contribution in [0.25, 0.3) is 0 Å². The number of hydrogen-bond acceptors (Lipinski definition) is 5. The Balaban J connectivity index is 2.47. The molecule has 0 aliphatic rings. The summed E-state index contributed by atoms with van der Waals surface area (Å²) in [7, 11) is 1.62. The molecule has 82 valence electrons. The van der Waals surface area contributed by atoms with Crippen LogP contribution in [0, 0.1) is 6.92 Å². The predicted octanol–water partition coefficient (Wildman–Crippen LogP) is 0.595. The molecule has 6 heteroatoms. The fraction of sp³-hybridized carbons (Fsp3) is 0.444. The molecular weight excluding hydrogens is 212 g/mol. The number of carbonyl (C=O) groups is 1. The van der Waals surface area contributed by atoms with Gasteiger partial charge in [0.25, 0.3) is 0 Å². The molecule has 0 saturated carbocycles. The molecule has 0 spiro atoms. The van der Waals surface area contributed by atoms with E-state index in [1.54, 1.807) is 13.1 Å². The first-order valence-electron chi connectivity index (χ1n) is 4.56. The molecule has 3 N–H and O–H groups in total. The zero-order chi connectivity index (χ0) is 11.3. The average molecular weight is 226 g/mol. The summed E-state index contributed by atoms with van der Waals surface area (Å²) in [5.74, 6) is 1.14. The molecule has 0 saturated heterocycles. The summed E-state index contributed by atoms with van der Waals surface area (Å²) in [6.07, 6.45) is 0.457. The standard InChI is InChI=1S/C9H14N4OS/c1-6-5-7(10)13-9(12-6)15-4-3-8(14)11-2/h5H,3-4H2,1-2H3,(H,11,14)(H2,10,12,13). The minimum Gasteiger partial charge on any atom is -0.384 e. The molecule has 1 aromatic rings. The minimum absolute atomic E-state index is 0.0168. The van der Waals surface area contributed by atoms with Crippen LogP contribution in [0.15, 0.2) is 11.2 Å². The Morgan fingerprint density at radius 2 is 2.33 bits per heavy atom. The van der Waals surface area contributed by atoms with Crippen molar-refractivity contribution in [3.05, 3.63) is 11.8 Å². The molecule has 0 radical (unpaired) electrons. The normalized spacial score (nSPS) is 10.0.